The van der Waals surface area contributed by atoms with Gasteiger partial charge in [0.1, 0.15) is 0 Å². The van der Waals surface area contributed by atoms with Crippen LogP contribution < -0.4 is 5.32 Å². The van der Waals surface area contributed by atoms with E-state index in [0.717, 1.165) is 12.8 Å². The van der Waals surface area contributed by atoms with Gasteiger partial charge in [0.25, 0.3) is 0 Å². The summed E-state index contributed by atoms with van der Waals surface area (Å²) in [5, 5.41) is 2.53. The van der Waals surface area contributed by atoms with Crippen molar-refractivity contribution in [2.75, 3.05) is 7.05 Å². The normalized spacial score (nSPS) is 10.9. The van der Waals surface area contributed by atoms with Crippen LogP contribution in [0.4, 0.5) is 0 Å². The zero-order valence-electron chi connectivity index (χ0n) is 7.55. The fourth-order valence-corrected chi connectivity index (χ4v) is 0.703. The van der Waals surface area contributed by atoms with Crippen molar-refractivity contribution in [2.24, 2.45) is 5.92 Å². The Morgan fingerprint density at radius 3 is 2.64 bits per heavy atom. The minimum atomic E-state index is -0.0197. The Labute approximate surface area is 68.7 Å². The largest absolute Gasteiger partial charge is 0.356 e. The zero-order valence-corrected chi connectivity index (χ0v) is 7.55. The first kappa shape index (κ1) is 10.2. The van der Waals surface area contributed by atoms with Gasteiger partial charge in [-0.1, -0.05) is 19.9 Å². The van der Waals surface area contributed by atoms with E-state index in [4.69, 9.17) is 0 Å². The minimum absolute atomic E-state index is 0.0197. The Hall–Kier alpha value is -0.790. The van der Waals surface area contributed by atoms with Crippen LogP contribution in [0.5, 0.6) is 0 Å². The van der Waals surface area contributed by atoms with Gasteiger partial charge in [-0.25, -0.2) is 0 Å². The topological polar surface area (TPSA) is 29.1 Å². The first-order chi connectivity index (χ1) is 5.16. The number of allylic oxidation sites excluding steroid dienone is 1. The summed E-state index contributed by atoms with van der Waals surface area (Å²) in [5.74, 6) is 0.693. The number of carbonyl (C=O) groups is 1. The zero-order chi connectivity index (χ0) is 8.69. The van der Waals surface area contributed by atoms with Crippen LogP contribution in [0.2, 0.25) is 0 Å². The third-order valence-electron chi connectivity index (χ3n) is 1.43. The van der Waals surface area contributed by atoms with Crippen LogP contribution in [0.15, 0.2) is 12.2 Å². The van der Waals surface area contributed by atoms with Crippen molar-refractivity contribution in [1.82, 2.24) is 5.32 Å². The maximum atomic E-state index is 10.7. The fourth-order valence-electron chi connectivity index (χ4n) is 0.703. The summed E-state index contributed by atoms with van der Waals surface area (Å²) < 4.78 is 0. The Balaban J connectivity index is 3.37. The van der Waals surface area contributed by atoms with Crippen LogP contribution >= 0.6 is 0 Å². The molecule has 0 aromatic heterocycles. The van der Waals surface area contributed by atoms with E-state index in [1.807, 2.05) is 6.08 Å². The lowest BCUT2D eigenvalue weighted by Crippen LogP contribution is -2.13. The highest BCUT2D eigenvalue weighted by Gasteiger charge is 1.91. The van der Waals surface area contributed by atoms with Crippen molar-refractivity contribution in [3.8, 4) is 0 Å². The molecular formula is C9H17NO. The average Bonchev–Trinajstić information content (AvgIpc) is 1.97. The fraction of sp³-hybridized carbons (Fsp3) is 0.667. The Bertz CT molecular complexity index is 138. The van der Waals surface area contributed by atoms with Gasteiger partial charge in [-0.05, 0) is 24.8 Å². The van der Waals surface area contributed by atoms with Gasteiger partial charge in [-0.2, -0.15) is 0 Å². The second-order valence-electron chi connectivity index (χ2n) is 2.99. The summed E-state index contributed by atoms with van der Waals surface area (Å²) in [7, 11) is 1.63. The highest BCUT2D eigenvalue weighted by molar-refractivity contribution is 5.87. The molecular weight excluding hydrogens is 138 g/mol. The number of likely N-dealkylation sites (N-methyl/N-ethyl adjacent to an activating group) is 1. The highest BCUT2D eigenvalue weighted by Crippen LogP contribution is 2.03. The van der Waals surface area contributed by atoms with Gasteiger partial charge in [0, 0.05) is 7.05 Å². The molecule has 0 aromatic rings. The van der Waals surface area contributed by atoms with Crippen molar-refractivity contribution in [3.63, 3.8) is 0 Å². The molecule has 1 amide bonds. The summed E-state index contributed by atoms with van der Waals surface area (Å²) in [6, 6.07) is 0. The van der Waals surface area contributed by atoms with E-state index in [1.54, 1.807) is 13.1 Å². The predicted molar refractivity (Wildman–Crippen MR) is 47.3 cm³/mol. The average molecular weight is 155 g/mol. The standard InChI is InChI=1S/C9H17NO/c1-8(2)6-4-5-7-9(11)10-3/h5,7-8H,4,6H2,1-3H3,(H,10,11)/b7-5+. The van der Waals surface area contributed by atoms with Crippen LogP contribution in [0.3, 0.4) is 0 Å². The summed E-state index contributed by atoms with van der Waals surface area (Å²) in [6.45, 7) is 4.35. The molecule has 0 fully saturated rings. The molecule has 0 aliphatic heterocycles. The number of hydrogen-bond donors (Lipinski definition) is 1. The van der Waals surface area contributed by atoms with Gasteiger partial charge in [0.2, 0.25) is 5.91 Å². The smallest absolute Gasteiger partial charge is 0.243 e. The van der Waals surface area contributed by atoms with Crippen LogP contribution in [0, 0.1) is 5.92 Å². The molecule has 0 spiro atoms. The van der Waals surface area contributed by atoms with Crippen LogP contribution in [-0.2, 0) is 4.79 Å². The number of hydrogen-bond acceptors (Lipinski definition) is 1. The molecule has 0 atom stereocenters. The number of carbonyl (C=O) groups excluding carboxylic acids is 1. The molecule has 11 heavy (non-hydrogen) atoms. The second-order valence-corrected chi connectivity index (χ2v) is 2.99. The molecule has 0 bridgehead atoms. The minimum Gasteiger partial charge on any atom is -0.356 e. The lowest BCUT2D eigenvalue weighted by molar-refractivity contribution is -0.116. The maximum absolute atomic E-state index is 10.7. The molecule has 64 valence electrons. The SMILES string of the molecule is CNC(=O)/C=C/CCC(C)C. The molecule has 2 heteroatoms. The van der Waals surface area contributed by atoms with E-state index >= 15 is 0 Å². The lowest BCUT2D eigenvalue weighted by atomic mass is 10.1. The van der Waals surface area contributed by atoms with Crippen molar-refractivity contribution >= 4 is 5.91 Å². The Kier molecular flexibility index (Phi) is 5.53. The van der Waals surface area contributed by atoms with Crippen molar-refractivity contribution in [1.29, 1.82) is 0 Å². The van der Waals surface area contributed by atoms with Gasteiger partial charge >= 0.3 is 0 Å². The summed E-state index contributed by atoms with van der Waals surface area (Å²) >= 11 is 0. The molecule has 0 saturated heterocycles. The maximum Gasteiger partial charge on any atom is 0.243 e. The molecule has 0 radical (unpaired) electrons. The third-order valence-corrected chi connectivity index (χ3v) is 1.43. The summed E-state index contributed by atoms with van der Waals surface area (Å²) in [5.41, 5.74) is 0. The van der Waals surface area contributed by atoms with E-state index in [1.165, 1.54) is 0 Å². The molecule has 0 rings (SSSR count). The van der Waals surface area contributed by atoms with Gasteiger partial charge in [0.15, 0.2) is 0 Å². The predicted octanol–water partition coefficient (Wildman–Crippen LogP) is 1.72. The van der Waals surface area contributed by atoms with E-state index in [2.05, 4.69) is 19.2 Å². The van der Waals surface area contributed by atoms with Gasteiger partial charge < -0.3 is 5.32 Å². The molecule has 0 unspecified atom stereocenters. The Morgan fingerprint density at radius 2 is 2.18 bits per heavy atom. The summed E-state index contributed by atoms with van der Waals surface area (Å²) in [4.78, 5) is 10.7. The van der Waals surface area contributed by atoms with Gasteiger partial charge in [-0.15, -0.1) is 0 Å². The van der Waals surface area contributed by atoms with Crippen molar-refractivity contribution in [3.05, 3.63) is 12.2 Å². The quantitative estimate of drug-likeness (QED) is 0.615. The number of rotatable bonds is 4. The molecule has 0 aliphatic rings. The molecule has 2 nitrogen and oxygen atoms in total. The van der Waals surface area contributed by atoms with E-state index in [9.17, 15) is 4.79 Å². The van der Waals surface area contributed by atoms with Crippen LogP contribution in [-0.4, -0.2) is 13.0 Å². The molecule has 0 aromatic carbocycles. The second kappa shape index (κ2) is 5.96. The van der Waals surface area contributed by atoms with Crippen LogP contribution in [0.25, 0.3) is 0 Å². The number of nitrogens with one attached hydrogen (secondary N) is 1. The molecule has 1 N–H and O–H groups in total. The molecule has 0 saturated carbocycles. The molecule has 0 aliphatic carbocycles. The first-order valence-electron chi connectivity index (χ1n) is 4.05. The third kappa shape index (κ3) is 7.10. The van der Waals surface area contributed by atoms with E-state index < -0.39 is 0 Å². The monoisotopic (exact) mass is 155 g/mol. The first-order valence-corrected chi connectivity index (χ1v) is 4.05. The Morgan fingerprint density at radius 1 is 1.55 bits per heavy atom. The highest BCUT2D eigenvalue weighted by atomic mass is 16.1. The van der Waals surface area contributed by atoms with E-state index in [-0.39, 0.29) is 5.91 Å². The van der Waals surface area contributed by atoms with Crippen LogP contribution in [0.1, 0.15) is 26.7 Å². The van der Waals surface area contributed by atoms with Crippen molar-refractivity contribution in [2.45, 2.75) is 26.7 Å². The lowest BCUT2D eigenvalue weighted by Gasteiger charge is -1.98. The van der Waals surface area contributed by atoms with Crippen molar-refractivity contribution < 1.29 is 4.79 Å². The summed E-state index contributed by atoms with van der Waals surface area (Å²) in [6.07, 6.45) is 5.64. The number of amides is 1. The van der Waals surface area contributed by atoms with Gasteiger partial charge in [0.05, 0.1) is 0 Å². The molecule has 0 heterocycles. The van der Waals surface area contributed by atoms with E-state index in [0.29, 0.717) is 5.92 Å². The van der Waals surface area contributed by atoms with Gasteiger partial charge in [-0.3, -0.25) is 4.79 Å².